The van der Waals surface area contributed by atoms with E-state index in [1.165, 1.54) is 0 Å². The summed E-state index contributed by atoms with van der Waals surface area (Å²) in [7, 11) is 0. The normalized spacial score (nSPS) is 18.4. The Morgan fingerprint density at radius 3 is 2.79 bits per heavy atom. The highest BCUT2D eigenvalue weighted by Crippen LogP contribution is 2.28. The summed E-state index contributed by atoms with van der Waals surface area (Å²) in [6.07, 6.45) is 2.41. The molecule has 1 aromatic rings. The summed E-state index contributed by atoms with van der Waals surface area (Å²) in [5.41, 5.74) is 1.05. The summed E-state index contributed by atoms with van der Waals surface area (Å²) >= 11 is 3.29. The van der Waals surface area contributed by atoms with Gasteiger partial charge in [-0.3, -0.25) is 0 Å². The summed E-state index contributed by atoms with van der Waals surface area (Å²) in [5.74, 6) is 0.656. The Hall–Kier alpha value is -0.480. The van der Waals surface area contributed by atoms with Gasteiger partial charge in [0.2, 0.25) is 0 Å². The van der Waals surface area contributed by atoms with Crippen LogP contribution < -0.4 is 10.1 Å². The molecule has 2 heterocycles. The van der Waals surface area contributed by atoms with Crippen molar-refractivity contribution in [1.29, 1.82) is 0 Å². The highest BCUT2D eigenvalue weighted by atomic mass is 79.9. The van der Waals surface area contributed by atoms with Gasteiger partial charge in [0, 0.05) is 5.56 Å². The van der Waals surface area contributed by atoms with Gasteiger partial charge in [-0.25, -0.2) is 0 Å². The van der Waals surface area contributed by atoms with Gasteiger partial charge in [0.15, 0.2) is 4.67 Å². The zero-order valence-electron chi connectivity index (χ0n) is 8.18. The minimum atomic E-state index is 0.299. The molecule has 3 nitrogen and oxygen atoms in total. The van der Waals surface area contributed by atoms with Gasteiger partial charge in [-0.15, -0.1) is 0 Å². The fourth-order valence-corrected chi connectivity index (χ4v) is 2.10. The maximum absolute atomic E-state index is 5.77. The number of piperidine rings is 1. The maximum Gasteiger partial charge on any atom is 0.288 e. The second kappa shape index (κ2) is 4.36. The van der Waals surface area contributed by atoms with Crippen molar-refractivity contribution in [1.82, 2.24) is 5.32 Å². The standard InChI is InChI=1S/C10H14BrNO2/c1-7-6-9(11)14-10(7)13-8-2-4-12-5-3-8/h6,8,12H,2-5H2,1H3. The van der Waals surface area contributed by atoms with Crippen LogP contribution in [0.1, 0.15) is 18.4 Å². The molecule has 1 saturated heterocycles. The Morgan fingerprint density at radius 1 is 1.50 bits per heavy atom. The van der Waals surface area contributed by atoms with E-state index in [9.17, 15) is 0 Å². The van der Waals surface area contributed by atoms with Crippen LogP contribution in [0, 0.1) is 6.92 Å². The Balaban J connectivity index is 1.98. The number of hydrogen-bond acceptors (Lipinski definition) is 3. The maximum atomic E-state index is 5.77. The van der Waals surface area contributed by atoms with Crippen LogP contribution in [0.15, 0.2) is 15.2 Å². The first-order valence-corrected chi connectivity index (χ1v) is 5.68. The average Bonchev–Trinajstić information content (AvgIpc) is 2.47. The van der Waals surface area contributed by atoms with Crippen LogP contribution in [0.2, 0.25) is 0 Å². The van der Waals surface area contributed by atoms with Gasteiger partial charge in [0.1, 0.15) is 6.10 Å². The molecule has 2 rings (SSSR count). The van der Waals surface area contributed by atoms with Gasteiger partial charge in [0.05, 0.1) is 0 Å². The van der Waals surface area contributed by atoms with Gasteiger partial charge >= 0.3 is 0 Å². The van der Waals surface area contributed by atoms with Crippen molar-refractivity contribution in [2.45, 2.75) is 25.9 Å². The fraction of sp³-hybridized carbons (Fsp3) is 0.600. The zero-order chi connectivity index (χ0) is 9.97. The van der Waals surface area contributed by atoms with Gasteiger partial charge in [0.25, 0.3) is 5.95 Å². The third-order valence-corrected chi connectivity index (χ3v) is 2.79. The highest BCUT2D eigenvalue weighted by molar-refractivity contribution is 9.10. The molecule has 0 unspecified atom stereocenters. The zero-order valence-corrected chi connectivity index (χ0v) is 9.76. The second-order valence-corrected chi connectivity index (χ2v) is 4.37. The third-order valence-electron chi connectivity index (χ3n) is 2.40. The minimum absolute atomic E-state index is 0.299. The predicted molar refractivity (Wildman–Crippen MR) is 57.7 cm³/mol. The second-order valence-electron chi connectivity index (χ2n) is 3.59. The van der Waals surface area contributed by atoms with E-state index in [0.717, 1.165) is 36.2 Å². The molecule has 0 spiro atoms. The summed E-state index contributed by atoms with van der Waals surface area (Å²) in [6, 6.07) is 1.93. The van der Waals surface area contributed by atoms with Crippen LogP contribution in [0.3, 0.4) is 0 Å². The topological polar surface area (TPSA) is 34.4 Å². The molecule has 0 aliphatic carbocycles. The molecular formula is C10H14BrNO2. The van der Waals surface area contributed by atoms with Gasteiger partial charge in [-0.2, -0.15) is 0 Å². The number of ether oxygens (including phenoxy) is 1. The Bertz CT molecular complexity index is 305. The van der Waals surface area contributed by atoms with Crippen LogP contribution in [0.25, 0.3) is 0 Å². The molecule has 4 heteroatoms. The van der Waals surface area contributed by atoms with E-state index in [-0.39, 0.29) is 0 Å². The third kappa shape index (κ3) is 2.30. The van der Waals surface area contributed by atoms with Crippen molar-refractivity contribution in [2.75, 3.05) is 13.1 Å². The average molecular weight is 260 g/mol. The van der Waals surface area contributed by atoms with Crippen LogP contribution in [0.4, 0.5) is 0 Å². The quantitative estimate of drug-likeness (QED) is 0.887. The molecule has 1 fully saturated rings. The molecule has 1 N–H and O–H groups in total. The molecule has 1 aliphatic rings. The molecule has 0 radical (unpaired) electrons. The first-order chi connectivity index (χ1) is 6.75. The van der Waals surface area contributed by atoms with E-state index >= 15 is 0 Å². The molecule has 1 aromatic heterocycles. The van der Waals surface area contributed by atoms with Crippen molar-refractivity contribution < 1.29 is 9.15 Å². The lowest BCUT2D eigenvalue weighted by Gasteiger charge is -2.22. The fourth-order valence-electron chi connectivity index (χ4n) is 1.61. The SMILES string of the molecule is Cc1cc(Br)oc1OC1CCNCC1. The molecule has 0 atom stereocenters. The van der Waals surface area contributed by atoms with Crippen LogP contribution in [-0.2, 0) is 0 Å². The number of furan rings is 1. The number of aryl methyl sites for hydroxylation is 1. The number of rotatable bonds is 2. The minimum Gasteiger partial charge on any atom is -0.462 e. The highest BCUT2D eigenvalue weighted by Gasteiger charge is 2.17. The number of nitrogens with one attached hydrogen (secondary N) is 1. The molecule has 14 heavy (non-hydrogen) atoms. The smallest absolute Gasteiger partial charge is 0.288 e. The molecule has 1 aliphatic heterocycles. The van der Waals surface area contributed by atoms with Crippen molar-refractivity contribution in [3.8, 4) is 5.95 Å². The summed E-state index contributed by atoms with van der Waals surface area (Å²) in [6.45, 7) is 4.06. The van der Waals surface area contributed by atoms with Crippen LogP contribution >= 0.6 is 15.9 Å². The Kier molecular flexibility index (Phi) is 3.13. The molecule has 0 bridgehead atoms. The van der Waals surface area contributed by atoms with Crippen molar-refractivity contribution in [3.63, 3.8) is 0 Å². The van der Waals surface area contributed by atoms with E-state index < -0.39 is 0 Å². The van der Waals surface area contributed by atoms with Gasteiger partial charge < -0.3 is 14.5 Å². The summed E-state index contributed by atoms with van der Waals surface area (Å²) in [4.78, 5) is 0. The monoisotopic (exact) mass is 259 g/mol. The van der Waals surface area contributed by atoms with Gasteiger partial charge in [-0.05, 0) is 54.9 Å². The number of halogens is 1. The molecule has 0 aromatic carbocycles. The van der Waals surface area contributed by atoms with E-state index in [4.69, 9.17) is 9.15 Å². The summed E-state index contributed by atoms with van der Waals surface area (Å²) in [5, 5.41) is 3.30. The van der Waals surface area contributed by atoms with Crippen LogP contribution in [0.5, 0.6) is 5.95 Å². The largest absolute Gasteiger partial charge is 0.462 e. The predicted octanol–water partition coefficient (Wildman–Crippen LogP) is 2.48. The van der Waals surface area contributed by atoms with Crippen LogP contribution in [-0.4, -0.2) is 19.2 Å². The van der Waals surface area contributed by atoms with Crippen molar-refractivity contribution in [2.24, 2.45) is 0 Å². The van der Waals surface area contributed by atoms with E-state index in [1.807, 2.05) is 13.0 Å². The molecule has 0 saturated carbocycles. The first-order valence-electron chi connectivity index (χ1n) is 4.89. The molecule has 0 amide bonds. The van der Waals surface area contributed by atoms with Crippen molar-refractivity contribution >= 4 is 15.9 Å². The summed E-state index contributed by atoms with van der Waals surface area (Å²) < 4.78 is 11.9. The van der Waals surface area contributed by atoms with E-state index in [0.29, 0.717) is 12.1 Å². The lowest BCUT2D eigenvalue weighted by Crippen LogP contribution is -2.34. The lowest BCUT2D eigenvalue weighted by molar-refractivity contribution is 0.123. The van der Waals surface area contributed by atoms with Crippen molar-refractivity contribution in [3.05, 3.63) is 16.3 Å². The Morgan fingerprint density at radius 2 is 2.21 bits per heavy atom. The Labute approximate surface area is 91.9 Å². The van der Waals surface area contributed by atoms with Gasteiger partial charge in [-0.1, -0.05) is 0 Å². The van der Waals surface area contributed by atoms with E-state index in [1.54, 1.807) is 0 Å². The number of hydrogen-bond donors (Lipinski definition) is 1. The lowest BCUT2D eigenvalue weighted by atomic mass is 10.1. The molecule has 78 valence electrons. The van der Waals surface area contributed by atoms with E-state index in [2.05, 4.69) is 21.2 Å². The molecular weight excluding hydrogens is 246 g/mol. The first kappa shape index (κ1) is 10.1.